The van der Waals surface area contributed by atoms with Crippen LogP contribution in [-0.4, -0.2) is 48.9 Å². The number of carbonyl (C=O) groups excluding carboxylic acids is 1. The van der Waals surface area contributed by atoms with Crippen LogP contribution in [0.5, 0.6) is 0 Å². The summed E-state index contributed by atoms with van der Waals surface area (Å²) in [5.41, 5.74) is 5.28. The van der Waals surface area contributed by atoms with Crippen LogP contribution >= 0.6 is 0 Å². The standard InChI is InChI=1S/C13H24N2O3/c1-11(2,3)18-10(16)15-8-12(7-14)5-13(15,6-12)9-17-4/h5-9,14H2,1-4H3. The summed E-state index contributed by atoms with van der Waals surface area (Å²) in [6, 6.07) is 0. The number of amides is 1. The van der Waals surface area contributed by atoms with Gasteiger partial charge in [-0.25, -0.2) is 4.79 Å². The number of nitrogens with zero attached hydrogens (tertiary/aromatic N) is 1. The first-order valence-corrected chi connectivity index (χ1v) is 6.46. The van der Waals surface area contributed by atoms with E-state index in [-0.39, 0.29) is 17.0 Å². The second-order valence-corrected chi connectivity index (χ2v) is 6.78. The quantitative estimate of drug-likeness (QED) is 0.828. The maximum atomic E-state index is 12.2. The predicted molar refractivity (Wildman–Crippen MR) is 68.3 cm³/mol. The zero-order chi connectivity index (χ0) is 13.6. The van der Waals surface area contributed by atoms with Gasteiger partial charge < -0.3 is 15.2 Å². The van der Waals surface area contributed by atoms with Crippen molar-refractivity contribution in [1.29, 1.82) is 0 Å². The Morgan fingerprint density at radius 1 is 1.39 bits per heavy atom. The molecule has 2 heterocycles. The summed E-state index contributed by atoms with van der Waals surface area (Å²) in [5, 5.41) is 0. The lowest BCUT2D eigenvalue weighted by Crippen LogP contribution is -2.56. The molecule has 104 valence electrons. The van der Waals surface area contributed by atoms with Gasteiger partial charge in [-0.2, -0.15) is 0 Å². The first-order valence-electron chi connectivity index (χ1n) is 6.46. The monoisotopic (exact) mass is 256 g/mol. The van der Waals surface area contributed by atoms with Gasteiger partial charge in [0.15, 0.2) is 0 Å². The number of ether oxygens (including phenoxy) is 2. The van der Waals surface area contributed by atoms with Crippen LogP contribution in [0.1, 0.15) is 33.6 Å². The van der Waals surface area contributed by atoms with Crippen molar-refractivity contribution in [3.05, 3.63) is 0 Å². The second-order valence-electron chi connectivity index (χ2n) is 6.78. The molecule has 3 aliphatic rings. The topological polar surface area (TPSA) is 64.8 Å². The smallest absolute Gasteiger partial charge is 0.410 e. The molecule has 5 nitrogen and oxygen atoms in total. The molecule has 0 aromatic rings. The van der Waals surface area contributed by atoms with Gasteiger partial charge in [0.2, 0.25) is 0 Å². The van der Waals surface area contributed by atoms with Gasteiger partial charge in [-0.15, -0.1) is 0 Å². The molecule has 3 fully saturated rings. The molecule has 1 amide bonds. The third-order valence-corrected chi connectivity index (χ3v) is 3.93. The molecule has 1 aliphatic carbocycles. The third-order valence-electron chi connectivity index (χ3n) is 3.93. The summed E-state index contributed by atoms with van der Waals surface area (Å²) < 4.78 is 10.7. The lowest BCUT2D eigenvalue weighted by molar-refractivity contribution is -0.0278. The van der Waals surface area contributed by atoms with Crippen molar-refractivity contribution in [2.24, 2.45) is 11.1 Å². The summed E-state index contributed by atoms with van der Waals surface area (Å²) in [5.74, 6) is 0. The molecule has 0 unspecified atom stereocenters. The van der Waals surface area contributed by atoms with Crippen molar-refractivity contribution in [1.82, 2.24) is 4.90 Å². The van der Waals surface area contributed by atoms with Gasteiger partial charge in [0.25, 0.3) is 0 Å². The van der Waals surface area contributed by atoms with Gasteiger partial charge in [-0.05, 0) is 40.2 Å². The van der Waals surface area contributed by atoms with Crippen LogP contribution in [0.25, 0.3) is 0 Å². The fourth-order valence-electron chi connectivity index (χ4n) is 3.38. The summed E-state index contributed by atoms with van der Waals surface area (Å²) >= 11 is 0. The van der Waals surface area contributed by atoms with E-state index in [1.54, 1.807) is 7.11 Å². The van der Waals surface area contributed by atoms with E-state index in [0.29, 0.717) is 19.7 Å². The fraction of sp³-hybridized carbons (Fsp3) is 0.923. The number of methoxy groups -OCH3 is 1. The number of hydrogen-bond acceptors (Lipinski definition) is 4. The highest BCUT2D eigenvalue weighted by atomic mass is 16.6. The molecule has 2 aliphatic heterocycles. The number of hydrogen-bond donors (Lipinski definition) is 1. The van der Waals surface area contributed by atoms with Crippen LogP contribution in [0.2, 0.25) is 0 Å². The number of fused-ring (bicyclic) bond motifs is 1. The van der Waals surface area contributed by atoms with Gasteiger partial charge in [0.1, 0.15) is 5.60 Å². The van der Waals surface area contributed by atoms with E-state index in [2.05, 4.69) is 0 Å². The van der Waals surface area contributed by atoms with Crippen molar-refractivity contribution < 1.29 is 14.3 Å². The molecule has 0 aromatic carbocycles. The van der Waals surface area contributed by atoms with Crippen LogP contribution in [0.3, 0.4) is 0 Å². The van der Waals surface area contributed by atoms with Crippen LogP contribution in [0.15, 0.2) is 0 Å². The van der Waals surface area contributed by atoms with E-state index in [1.165, 1.54) is 0 Å². The Morgan fingerprint density at radius 3 is 2.44 bits per heavy atom. The first-order chi connectivity index (χ1) is 8.26. The third kappa shape index (κ3) is 2.10. The van der Waals surface area contributed by atoms with Crippen molar-refractivity contribution in [3.63, 3.8) is 0 Å². The predicted octanol–water partition coefficient (Wildman–Crippen LogP) is 1.36. The molecule has 2 bridgehead atoms. The average molecular weight is 256 g/mol. The molecule has 3 rings (SSSR count). The number of carbonyl (C=O) groups is 1. The molecule has 0 aromatic heterocycles. The Kier molecular flexibility index (Phi) is 3.10. The number of nitrogens with two attached hydrogens (primary N) is 1. The van der Waals surface area contributed by atoms with Crippen molar-refractivity contribution in [2.75, 3.05) is 26.8 Å². The Bertz CT molecular complexity index is 343. The van der Waals surface area contributed by atoms with E-state index in [4.69, 9.17) is 15.2 Å². The Labute approximate surface area is 109 Å². The van der Waals surface area contributed by atoms with Gasteiger partial charge in [-0.1, -0.05) is 0 Å². The Hall–Kier alpha value is -0.810. The minimum atomic E-state index is -0.464. The van der Waals surface area contributed by atoms with Gasteiger partial charge in [-0.3, -0.25) is 4.90 Å². The zero-order valence-electron chi connectivity index (χ0n) is 11.8. The number of rotatable bonds is 3. The largest absolute Gasteiger partial charge is 0.444 e. The van der Waals surface area contributed by atoms with E-state index >= 15 is 0 Å². The van der Waals surface area contributed by atoms with Crippen molar-refractivity contribution in [2.45, 2.75) is 44.8 Å². The molecular formula is C13H24N2O3. The first kappa shape index (κ1) is 13.6. The molecule has 0 spiro atoms. The summed E-state index contributed by atoms with van der Waals surface area (Å²) in [7, 11) is 1.67. The van der Waals surface area contributed by atoms with Gasteiger partial charge in [0, 0.05) is 19.1 Å². The molecular weight excluding hydrogens is 232 g/mol. The SMILES string of the molecule is COCC12CC(CN)(CN1C(=O)OC(C)(C)C)C2. The lowest BCUT2D eigenvalue weighted by Gasteiger charge is -2.46. The Morgan fingerprint density at radius 2 is 2.00 bits per heavy atom. The van der Waals surface area contributed by atoms with Crippen LogP contribution in [0, 0.1) is 5.41 Å². The Balaban J connectivity index is 2.10. The molecule has 18 heavy (non-hydrogen) atoms. The van der Waals surface area contributed by atoms with Gasteiger partial charge in [0.05, 0.1) is 12.1 Å². The fourth-order valence-corrected chi connectivity index (χ4v) is 3.38. The van der Waals surface area contributed by atoms with Crippen LogP contribution in [0.4, 0.5) is 4.79 Å². The zero-order valence-corrected chi connectivity index (χ0v) is 11.8. The molecule has 5 heteroatoms. The average Bonchev–Trinajstić information content (AvgIpc) is 2.66. The van der Waals surface area contributed by atoms with E-state index in [9.17, 15) is 4.79 Å². The lowest BCUT2D eigenvalue weighted by atomic mass is 9.62. The molecule has 1 saturated carbocycles. The van der Waals surface area contributed by atoms with E-state index in [0.717, 1.165) is 12.8 Å². The minimum absolute atomic E-state index is 0.0927. The van der Waals surface area contributed by atoms with Crippen LogP contribution in [-0.2, 0) is 9.47 Å². The second kappa shape index (κ2) is 4.10. The van der Waals surface area contributed by atoms with Crippen LogP contribution < -0.4 is 5.73 Å². The van der Waals surface area contributed by atoms with Gasteiger partial charge >= 0.3 is 6.09 Å². The molecule has 2 saturated heterocycles. The molecule has 0 radical (unpaired) electrons. The maximum absolute atomic E-state index is 12.2. The van der Waals surface area contributed by atoms with E-state index in [1.807, 2.05) is 25.7 Å². The minimum Gasteiger partial charge on any atom is -0.444 e. The normalized spacial score (nSPS) is 34.4. The van der Waals surface area contributed by atoms with Crippen molar-refractivity contribution in [3.8, 4) is 0 Å². The molecule has 2 N–H and O–H groups in total. The summed E-state index contributed by atoms with van der Waals surface area (Å²) in [4.78, 5) is 14.1. The highest BCUT2D eigenvalue weighted by Gasteiger charge is 2.66. The highest BCUT2D eigenvalue weighted by Crippen LogP contribution is 2.59. The van der Waals surface area contributed by atoms with Crippen molar-refractivity contribution >= 4 is 6.09 Å². The maximum Gasteiger partial charge on any atom is 0.410 e. The summed E-state index contributed by atoms with van der Waals surface area (Å²) in [6.07, 6.45) is 1.63. The summed E-state index contributed by atoms with van der Waals surface area (Å²) in [6.45, 7) is 7.53. The highest BCUT2D eigenvalue weighted by molar-refractivity contribution is 5.71. The van der Waals surface area contributed by atoms with E-state index < -0.39 is 5.60 Å². The molecule has 0 atom stereocenters.